The van der Waals surface area contributed by atoms with E-state index >= 15 is 0 Å². The summed E-state index contributed by atoms with van der Waals surface area (Å²) in [6.45, 7) is 2.07. The number of benzene rings is 1. The van der Waals surface area contributed by atoms with Crippen LogP contribution in [0.2, 0.25) is 0 Å². The van der Waals surface area contributed by atoms with Gasteiger partial charge in [0.25, 0.3) is 0 Å². The Hall–Kier alpha value is -1.55. The predicted octanol–water partition coefficient (Wildman–Crippen LogP) is 1.96. The molecular weight excluding hydrogens is 204 g/mol. The first-order valence-corrected chi connectivity index (χ1v) is 5.62. The Morgan fingerprint density at radius 1 is 1.31 bits per heavy atom. The first-order valence-electron chi connectivity index (χ1n) is 5.62. The van der Waals surface area contributed by atoms with Crippen molar-refractivity contribution < 1.29 is 9.15 Å². The number of nitrogens with zero attached hydrogens (tertiary/aromatic N) is 1. The van der Waals surface area contributed by atoms with E-state index in [0.717, 1.165) is 42.8 Å². The standard InChI is InChI=1S/C12H14N2O2/c1-2-11-12(15-8-14-11)7-10(1)16-9-3-5-13-6-4-9/h1-2,7-9,13H,3-6H2. The summed E-state index contributed by atoms with van der Waals surface area (Å²) in [5.41, 5.74) is 1.66. The molecule has 0 bridgehead atoms. The monoisotopic (exact) mass is 218 g/mol. The number of oxazole rings is 1. The first kappa shape index (κ1) is 9.66. The van der Waals surface area contributed by atoms with Crippen molar-refractivity contribution in [1.29, 1.82) is 0 Å². The van der Waals surface area contributed by atoms with Crippen molar-refractivity contribution in [3.63, 3.8) is 0 Å². The average molecular weight is 218 g/mol. The molecule has 0 aliphatic carbocycles. The van der Waals surface area contributed by atoms with Crippen LogP contribution in [0.15, 0.2) is 29.0 Å². The van der Waals surface area contributed by atoms with Gasteiger partial charge in [-0.1, -0.05) is 0 Å². The SMILES string of the molecule is c1nc2ccc(OC3CCNCC3)cc2o1. The van der Waals surface area contributed by atoms with Crippen LogP contribution < -0.4 is 10.1 Å². The smallest absolute Gasteiger partial charge is 0.181 e. The second-order valence-corrected chi connectivity index (χ2v) is 4.05. The van der Waals surface area contributed by atoms with Crippen LogP contribution in [0.1, 0.15) is 12.8 Å². The number of fused-ring (bicyclic) bond motifs is 1. The van der Waals surface area contributed by atoms with Gasteiger partial charge in [0.2, 0.25) is 0 Å². The lowest BCUT2D eigenvalue weighted by molar-refractivity contribution is 0.162. The predicted molar refractivity (Wildman–Crippen MR) is 60.5 cm³/mol. The van der Waals surface area contributed by atoms with E-state index in [-0.39, 0.29) is 0 Å². The van der Waals surface area contributed by atoms with Crippen LogP contribution >= 0.6 is 0 Å². The van der Waals surface area contributed by atoms with E-state index in [1.54, 1.807) is 0 Å². The topological polar surface area (TPSA) is 47.3 Å². The summed E-state index contributed by atoms with van der Waals surface area (Å²) in [4.78, 5) is 4.07. The van der Waals surface area contributed by atoms with Crippen LogP contribution in [-0.2, 0) is 0 Å². The lowest BCUT2D eigenvalue weighted by Crippen LogP contribution is -2.34. The van der Waals surface area contributed by atoms with E-state index < -0.39 is 0 Å². The van der Waals surface area contributed by atoms with Gasteiger partial charge >= 0.3 is 0 Å². The van der Waals surface area contributed by atoms with Gasteiger partial charge in [-0.15, -0.1) is 0 Å². The Morgan fingerprint density at radius 3 is 3.06 bits per heavy atom. The fourth-order valence-corrected chi connectivity index (χ4v) is 2.01. The molecule has 1 saturated heterocycles. The molecule has 0 amide bonds. The molecule has 3 rings (SSSR count). The fraction of sp³-hybridized carbons (Fsp3) is 0.417. The zero-order chi connectivity index (χ0) is 10.8. The third kappa shape index (κ3) is 1.88. The molecule has 1 N–H and O–H groups in total. The summed E-state index contributed by atoms with van der Waals surface area (Å²) in [5, 5.41) is 3.32. The van der Waals surface area contributed by atoms with Gasteiger partial charge in [-0.25, -0.2) is 4.98 Å². The largest absolute Gasteiger partial charge is 0.490 e. The molecule has 16 heavy (non-hydrogen) atoms. The Labute approximate surface area is 93.6 Å². The molecule has 1 aromatic carbocycles. The maximum Gasteiger partial charge on any atom is 0.181 e. The van der Waals surface area contributed by atoms with Gasteiger partial charge in [0.1, 0.15) is 17.4 Å². The maximum atomic E-state index is 5.90. The molecule has 1 aliphatic rings. The van der Waals surface area contributed by atoms with Crippen molar-refractivity contribution in [1.82, 2.24) is 10.3 Å². The van der Waals surface area contributed by atoms with Crippen LogP contribution in [0.3, 0.4) is 0 Å². The quantitative estimate of drug-likeness (QED) is 0.837. The van der Waals surface area contributed by atoms with Crippen molar-refractivity contribution >= 4 is 11.1 Å². The zero-order valence-corrected chi connectivity index (χ0v) is 8.98. The Morgan fingerprint density at radius 2 is 2.19 bits per heavy atom. The number of nitrogens with one attached hydrogen (secondary N) is 1. The van der Waals surface area contributed by atoms with Gasteiger partial charge in [-0.05, 0) is 38.1 Å². The lowest BCUT2D eigenvalue weighted by Gasteiger charge is -2.23. The van der Waals surface area contributed by atoms with Gasteiger partial charge in [-0.3, -0.25) is 0 Å². The minimum atomic E-state index is 0.321. The molecule has 2 aromatic rings. The normalized spacial score (nSPS) is 17.8. The first-order chi connectivity index (χ1) is 7.92. The van der Waals surface area contributed by atoms with Crippen molar-refractivity contribution in [2.45, 2.75) is 18.9 Å². The second-order valence-electron chi connectivity index (χ2n) is 4.05. The average Bonchev–Trinajstić information content (AvgIpc) is 2.77. The molecule has 4 nitrogen and oxygen atoms in total. The molecule has 0 unspecified atom stereocenters. The van der Waals surface area contributed by atoms with Crippen molar-refractivity contribution in [3.8, 4) is 5.75 Å². The number of piperidine rings is 1. The Kier molecular flexibility index (Phi) is 2.50. The van der Waals surface area contributed by atoms with E-state index in [1.165, 1.54) is 6.39 Å². The number of ether oxygens (including phenoxy) is 1. The van der Waals surface area contributed by atoms with Crippen LogP contribution in [0.4, 0.5) is 0 Å². The van der Waals surface area contributed by atoms with E-state index in [4.69, 9.17) is 9.15 Å². The third-order valence-corrected chi connectivity index (χ3v) is 2.89. The molecule has 2 heterocycles. The van der Waals surface area contributed by atoms with Crippen molar-refractivity contribution in [2.75, 3.05) is 13.1 Å². The molecule has 0 atom stereocenters. The Bertz CT molecular complexity index is 475. The lowest BCUT2D eigenvalue weighted by atomic mass is 10.1. The van der Waals surface area contributed by atoms with Crippen molar-refractivity contribution in [2.24, 2.45) is 0 Å². The van der Waals surface area contributed by atoms with E-state index in [2.05, 4.69) is 10.3 Å². The molecule has 1 aromatic heterocycles. The third-order valence-electron chi connectivity index (χ3n) is 2.89. The summed E-state index contributed by atoms with van der Waals surface area (Å²) < 4.78 is 11.1. The summed E-state index contributed by atoms with van der Waals surface area (Å²) in [5.74, 6) is 0.871. The molecule has 4 heteroatoms. The molecule has 0 spiro atoms. The Balaban J connectivity index is 1.77. The highest BCUT2D eigenvalue weighted by Gasteiger charge is 2.14. The molecule has 1 fully saturated rings. The summed E-state index contributed by atoms with van der Waals surface area (Å²) >= 11 is 0. The number of aromatic nitrogens is 1. The number of rotatable bonds is 2. The summed E-state index contributed by atoms with van der Waals surface area (Å²) in [6, 6.07) is 5.78. The molecule has 1 aliphatic heterocycles. The van der Waals surface area contributed by atoms with Crippen LogP contribution in [0, 0.1) is 0 Å². The minimum absolute atomic E-state index is 0.321. The fourth-order valence-electron chi connectivity index (χ4n) is 2.01. The highest BCUT2D eigenvalue weighted by Crippen LogP contribution is 2.22. The maximum absolute atomic E-state index is 5.90. The van der Waals surface area contributed by atoms with E-state index in [0.29, 0.717) is 6.10 Å². The highest BCUT2D eigenvalue weighted by molar-refractivity contribution is 5.73. The zero-order valence-electron chi connectivity index (χ0n) is 8.98. The van der Waals surface area contributed by atoms with Crippen LogP contribution in [-0.4, -0.2) is 24.2 Å². The molecule has 0 radical (unpaired) electrons. The van der Waals surface area contributed by atoms with Gasteiger partial charge in [0.05, 0.1) is 0 Å². The van der Waals surface area contributed by atoms with Crippen LogP contribution in [0.25, 0.3) is 11.1 Å². The summed E-state index contributed by atoms with van der Waals surface area (Å²) in [7, 11) is 0. The van der Waals surface area contributed by atoms with Crippen LogP contribution in [0.5, 0.6) is 5.75 Å². The molecule has 84 valence electrons. The van der Waals surface area contributed by atoms with Gasteiger partial charge in [0.15, 0.2) is 12.0 Å². The highest BCUT2D eigenvalue weighted by atomic mass is 16.5. The minimum Gasteiger partial charge on any atom is -0.490 e. The van der Waals surface area contributed by atoms with Gasteiger partial charge in [0, 0.05) is 6.07 Å². The number of hydrogen-bond donors (Lipinski definition) is 1. The van der Waals surface area contributed by atoms with Crippen molar-refractivity contribution in [3.05, 3.63) is 24.6 Å². The molecule has 0 saturated carbocycles. The number of hydrogen-bond acceptors (Lipinski definition) is 4. The van der Waals surface area contributed by atoms with Gasteiger partial charge in [-0.2, -0.15) is 0 Å². The van der Waals surface area contributed by atoms with E-state index in [1.807, 2.05) is 18.2 Å². The van der Waals surface area contributed by atoms with Gasteiger partial charge < -0.3 is 14.5 Å². The molecular formula is C12H14N2O2. The van der Waals surface area contributed by atoms with E-state index in [9.17, 15) is 0 Å². The second kappa shape index (κ2) is 4.14. The summed E-state index contributed by atoms with van der Waals surface area (Å²) in [6.07, 6.45) is 3.91.